The van der Waals surface area contributed by atoms with Crippen LogP contribution >= 0.6 is 0 Å². The van der Waals surface area contributed by atoms with Crippen LogP contribution < -0.4 is 0 Å². The van der Waals surface area contributed by atoms with Crippen molar-refractivity contribution in [3.63, 3.8) is 0 Å². The third kappa shape index (κ3) is 2.78. The van der Waals surface area contributed by atoms with Gasteiger partial charge in [-0.25, -0.2) is 0 Å². The number of rotatable bonds is 4. The van der Waals surface area contributed by atoms with Gasteiger partial charge in [-0.3, -0.25) is 4.79 Å². The number of amides is 1. The Bertz CT molecular complexity index is 827. The Morgan fingerprint density at radius 2 is 2.21 bits per heavy atom. The Morgan fingerprint density at radius 3 is 3.08 bits per heavy atom. The van der Waals surface area contributed by atoms with Crippen LogP contribution in [0, 0.1) is 0 Å². The summed E-state index contributed by atoms with van der Waals surface area (Å²) < 4.78 is 12.4. The second-order valence-corrected chi connectivity index (χ2v) is 5.79. The van der Waals surface area contributed by atoms with Crippen molar-refractivity contribution in [1.82, 2.24) is 19.6 Å². The zero-order chi connectivity index (χ0) is 16.4. The molecule has 0 unspecified atom stereocenters. The maximum atomic E-state index is 12.7. The molecule has 0 saturated carbocycles. The van der Waals surface area contributed by atoms with Gasteiger partial charge in [-0.2, -0.15) is 4.98 Å². The average Bonchev–Trinajstić information content (AvgIpc) is 3.30. The molecule has 2 aromatic heterocycles. The van der Waals surface area contributed by atoms with Gasteiger partial charge in [0.05, 0.1) is 13.2 Å². The van der Waals surface area contributed by atoms with Crippen molar-refractivity contribution in [3.05, 3.63) is 48.7 Å². The van der Waals surface area contributed by atoms with Crippen molar-refractivity contribution in [2.45, 2.75) is 19.0 Å². The lowest BCUT2D eigenvalue weighted by Crippen LogP contribution is -2.44. The lowest BCUT2D eigenvalue weighted by molar-refractivity contribution is -0.140. The average molecular weight is 326 g/mol. The van der Waals surface area contributed by atoms with E-state index in [2.05, 4.69) is 32.9 Å². The molecule has 4 rings (SSSR count). The second kappa shape index (κ2) is 6.45. The van der Waals surface area contributed by atoms with Gasteiger partial charge in [0.15, 0.2) is 5.82 Å². The molecular formula is C17H18N4O3. The molecule has 7 nitrogen and oxygen atoms in total. The summed E-state index contributed by atoms with van der Waals surface area (Å²) in [6.07, 6.45) is 3.72. The number of aromatic nitrogens is 3. The number of carbonyl (C=O) groups excluding carboxylic acids is 1. The van der Waals surface area contributed by atoms with Gasteiger partial charge >= 0.3 is 0 Å². The van der Waals surface area contributed by atoms with Crippen LogP contribution in [0.4, 0.5) is 0 Å². The van der Waals surface area contributed by atoms with Gasteiger partial charge in [-0.15, -0.1) is 0 Å². The van der Waals surface area contributed by atoms with E-state index in [1.165, 1.54) is 11.8 Å². The van der Waals surface area contributed by atoms with Gasteiger partial charge in [0, 0.05) is 31.2 Å². The van der Waals surface area contributed by atoms with E-state index in [0.29, 0.717) is 38.5 Å². The first-order valence-corrected chi connectivity index (χ1v) is 8.00. The fraction of sp³-hybridized carbons (Fsp3) is 0.353. The first-order chi connectivity index (χ1) is 11.8. The Hall–Kier alpha value is -2.67. The molecule has 3 heterocycles. The smallest absolute Gasteiger partial charge is 0.225 e. The number of ether oxygens (including phenoxy) is 1. The molecule has 1 aliphatic heterocycles. The quantitative estimate of drug-likeness (QED) is 0.733. The number of hydrogen-bond donors (Lipinski definition) is 0. The predicted molar refractivity (Wildman–Crippen MR) is 86.1 cm³/mol. The third-order valence-electron chi connectivity index (χ3n) is 4.37. The van der Waals surface area contributed by atoms with E-state index in [-0.39, 0.29) is 11.9 Å². The summed E-state index contributed by atoms with van der Waals surface area (Å²) in [4.78, 5) is 18.6. The monoisotopic (exact) mass is 326 g/mol. The van der Waals surface area contributed by atoms with Crippen LogP contribution in [0.25, 0.3) is 10.9 Å². The SMILES string of the molecule is O=C(CCn1ccc2ccccc21)N1CCOC[C@@H]1c1ncon1. The second-order valence-electron chi connectivity index (χ2n) is 5.79. The molecule has 7 heteroatoms. The zero-order valence-corrected chi connectivity index (χ0v) is 13.2. The summed E-state index contributed by atoms with van der Waals surface area (Å²) in [5.74, 6) is 0.570. The molecule has 0 spiro atoms. The van der Waals surface area contributed by atoms with Crippen LogP contribution in [0.2, 0.25) is 0 Å². The number of nitrogens with zero attached hydrogens (tertiary/aromatic N) is 4. The molecule has 0 aliphatic carbocycles. The Labute approximate surface area is 138 Å². The number of morpholine rings is 1. The molecule has 1 saturated heterocycles. The molecule has 0 bridgehead atoms. The molecule has 1 atom stereocenters. The predicted octanol–water partition coefficient (Wildman–Crippen LogP) is 2.01. The summed E-state index contributed by atoms with van der Waals surface area (Å²) in [6, 6.07) is 9.96. The Morgan fingerprint density at radius 1 is 1.29 bits per heavy atom. The van der Waals surface area contributed by atoms with E-state index in [0.717, 1.165) is 5.52 Å². The summed E-state index contributed by atoms with van der Waals surface area (Å²) in [7, 11) is 0. The molecule has 124 valence electrons. The molecule has 3 aromatic rings. The highest BCUT2D eigenvalue weighted by molar-refractivity contribution is 5.80. The highest BCUT2D eigenvalue weighted by Crippen LogP contribution is 2.22. The fourth-order valence-electron chi connectivity index (χ4n) is 3.14. The van der Waals surface area contributed by atoms with Crippen molar-refractivity contribution in [2.75, 3.05) is 19.8 Å². The van der Waals surface area contributed by atoms with Crippen LogP contribution in [0.3, 0.4) is 0 Å². The number of para-hydroxylation sites is 1. The highest BCUT2D eigenvalue weighted by atomic mass is 16.5. The maximum absolute atomic E-state index is 12.7. The Balaban J connectivity index is 1.47. The van der Waals surface area contributed by atoms with Crippen molar-refractivity contribution in [2.24, 2.45) is 0 Å². The first kappa shape index (κ1) is 14.9. The minimum atomic E-state index is -0.272. The molecule has 0 N–H and O–H groups in total. The molecular weight excluding hydrogens is 308 g/mol. The largest absolute Gasteiger partial charge is 0.377 e. The van der Waals surface area contributed by atoms with Gasteiger partial charge in [0.25, 0.3) is 0 Å². The van der Waals surface area contributed by atoms with Crippen LogP contribution in [0.1, 0.15) is 18.3 Å². The molecule has 0 radical (unpaired) electrons. The first-order valence-electron chi connectivity index (χ1n) is 8.00. The minimum absolute atomic E-state index is 0.0749. The van der Waals surface area contributed by atoms with Crippen LogP contribution in [0.5, 0.6) is 0 Å². The topological polar surface area (TPSA) is 73.4 Å². The van der Waals surface area contributed by atoms with Crippen LogP contribution in [-0.2, 0) is 16.1 Å². The number of hydrogen-bond acceptors (Lipinski definition) is 5. The minimum Gasteiger partial charge on any atom is -0.377 e. The Kier molecular flexibility index (Phi) is 4.00. The van der Waals surface area contributed by atoms with Gasteiger partial charge in [0.1, 0.15) is 6.04 Å². The normalized spacial score (nSPS) is 18.2. The van der Waals surface area contributed by atoms with Crippen molar-refractivity contribution in [1.29, 1.82) is 0 Å². The molecule has 1 fully saturated rings. The number of aryl methyl sites for hydroxylation is 1. The van der Waals surface area contributed by atoms with Gasteiger partial charge < -0.3 is 18.7 Å². The van der Waals surface area contributed by atoms with Gasteiger partial charge in [-0.1, -0.05) is 23.4 Å². The summed E-state index contributed by atoms with van der Waals surface area (Å²) in [6.45, 7) is 2.12. The summed E-state index contributed by atoms with van der Waals surface area (Å²) in [5.41, 5.74) is 1.14. The number of benzene rings is 1. The van der Waals surface area contributed by atoms with E-state index in [1.54, 1.807) is 4.90 Å². The van der Waals surface area contributed by atoms with E-state index < -0.39 is 0 Å². The molecule has 24 heavy (non-hydrogen) atoms. The van der Waals surface area contributed by atoms with E-state index in [4.69, 9.17) is 9.26 Å². The van der Waals surface area contributed by atoms with E-state index in [1.807, 2.05) is 18.3 Å². The number of fused-ring (bicyclic) bond motifs is 1. The summed E-state index contributed by atoms with van der Waals surface area (Å²) >= 11 is 0. The van der Waals surface area contributed by atoms with Gasteiger partial charge in [0.2, 0.25) is 12.3 Å². The van der Waals surface area contributed by atoms with E-state index >= 15 is 0 Å². The van der Waals surface area contributed by atoms with Crippen LogP contribution in [-0.4, -0.2) is 45.3 Å². The summed E-state index contributed by atoms with van der Waals surface area (Å²) in [5, 5.41) is 5.04. The fourth-order valence-corrected chi connectivity index (χ4v) is 3.14. The van der Waals surface area contributed by atoms with Crippen molar-refractivity contribution in [3.8, 4) is 0 Å². The van der Waals surface area contributed by atoms with Crippen molar-refractivity contribution >= 4 is 16.8 Å². The molecule has 1 amide bonds. The van der Waals surface area contributed by atoms with Gasteiger partial charge in [-0.05, 0) is 17.5 Å². The third-order valence-corrected chi connectivity index (χ3v) is 4.37. The standard InChI is InChI=1S/C17H18N4O3/c22-16(6-8-20-7-5-13-3-1-2-4-14(13)20)21-9-10-23-11-15(21)17-18-12-24-19-17/h1-5,7,12,15H,6,8-11H2/t15-/m1/s1. The number of carbonyl (C=O) groups is 1. The lowest BCUT2D eigenvalue weighted by Gasteiger charge is -2.33. The molecule has 1 aliphatic rings. The zero-order valence-electron chi connectivity index (χ0n) is 13.2. The van der Waals surface area contributed by atoms with E-state index in [9.17, 15) is 4.79 Å². The highest BCUT2D eigenvalue weighted by Gasteiger charge is 2.31. The van der Waals surface area contributed by atoms with Crippen LogP contribution in [0.15, 0.2) is 47.4 Å². The lowest BCUT2D eigenvalue weighted by atomic mass is 10.2. The van der Waals surface area contributed by atoms with Crippen molar-refractivity contribution < 1.29 is 14.1 Å². The maximum Gasteiger partial charge on any atom is 0.225 e. The molecule has 1 aromatic carbocycles.